The molecule has 37 heavy (non-hydrogen) atoms. The predicted molar refractivity (Wildman–Crippen MR) is 138 cm³/mol. The average molecular weight is 515 g/mol. The van der Waals surface area contributed by atoms with Gasteiger partial charge in [-0.3, -0.25) is 10.2 Å². The second kappa shape index (κ2) is 12.1. The number of nitrogens with one attached hydrogen (secondary N) is 1. The quantitative estimate of drug-likeness (QED) is 0.341. The molecule has 2 aromatic carbocycles. The van der Waals surface area contributed by atoms with E-state index in [2.05, 4.69) is 0 Å². The number of ketones is 1. The third-order valence-corrected chi connectivity index (χ3v) is 5.98. The largest absolute Gasteiger partial charge is 0.490 e. The lowest BCUT2D eigenvalue weighted by atomic mass is 9.97. The highest BCUT2D eigenvalue weighted by molar-refractivity contribution is 6.06. The van der Waals surface area contributed by atoms with Crippen LogP contribution in [0.3, 0.4) is 0 Å². The van der Waals surface area contributed by atoms with E-state index < -0.39 is 11.8 Å². The van der Waals surface area contributed by atoms with Gasteiger partial charge in [-0.05, 0) is 69.9 Å². The summed E-state index contributed by atoms with van der Waals surface area (Å²) in [7, 11) is 0. The van der Waals surface area contributed by atoms with Gasteiger partial charge in [0.2, 0.25) is 0 Å². The Kier molecular flexibility index (Phi) is 9.13. The van der Waals surface area contributed by atoms with Gasteiger partial charge in [0.1, 0.15) is 17.1 Å². The standard InChI is InChI=1S/C28H35FN2O6/c1-6-9-10-17-11-18(12-20(28(33)34)25(17)37-16(4)5)21(32)15-31-14-19-13-22(35-7-2)26(36-8-3)24(29)23(19)27(31)30/h11-13,16,30H,6-10,14-15H2,1-5H3,(H,33,34). The van der Waals surface area contributed by atoms with Gasteiger partial charge in [-0.15, -0.1) is 0 Å². The fraction of sp³-hybridized carbons (Fsp3) is 0.464. The summed E-state index contributed by atoms with van der Waals surface area (Å²) in [5.74, 6) is -1.88. The monoisotopic (exact) mass is 514 g/mol. The number of amidine groups is 1. The van der Waals surface area contributed by atoms with E-state index in [0.29, 0.717) is 24.2 Å². The molecule has 0 fully saturated rings. The molecule has 0 atom stereocenters. The summed E-state index contributed by atoms with van der Waals surface area (Å²) >= 11 is 0. The smallest absolute Gasteiger partial charge is 0.339 e. The molecule has 1 heterocycles. The summed E-state index contributed by atoms with van der Waals surface area (Å²) in [6, 6.07) is 4.65. The van der Waals surface area contributed by atoms with E-state index in [4.69, 9.17) is 19.6 Å². The number of carboxylic acids is 1. The Hall–Kier alpha value is -3.62. The van der Waals surface area contributed by atoms with E-state index in [0.717, 1.165) is 12.8 Å². The lowest BCUT2D eigenvalue weighted by Crippen LogP contribution is -2.30. The molecule has 0 amide bonds. The van der Waals surface area contributed by atoms with Crippen LogP contribution in [0.4, 0.5) is 4.39 Å². The lowest BCUT2D eigenvalue weighted by molar-refractivity contribution is 0.0690. The van der Waals surface area contributed by atoms with Crippen molar-refractivity contribution in [3.8, 4) is 17.2 Å². The Balaban J connectivity index is 1.94. The topological polar surface area (TPSA) is 109 Å². The number of aryl methyl sites for hydroxylation is 1. The van der Waals surface area contributed by atoms with Crippen LogP contribution >= 0.6 is 0 Å². The van der Waals surface area contributed by atoms with Crippen molar-refractivity contribution in [3.63, 3.8) is 0 Å². The minimum absolute atomic E-state index is 0.0477. The molecule has 9 heteroatoms. The number of carbonyl (C=O) groups is 2. The van der Waals surface area contributed by atoms with Crippen LogP contribution in [0.15, 0.2) is 18.2 Å². The second-order valence-electron chi connectivity index (χ2n) is 9.13. The van der Waals surface area contributed by atoms with Gasteiger partial charge < -0.3 is 24.2 Å². The molecule has 0 aromatic heterocycles. The number of hydrogen-bond donors (Lipinski definition) is 2. The van der Waals surface area contributed by atoms with Gasteiger partial charge in [-0.2, -0.15) is 0 Å². The minimum atomic E-state index is -1.18. The third-order valence-electron chi connectivity index (χ3n) is 5.98. The molecule has 0 aliphatic carbocycles. The molecule has 0 spiro atoms. The molecule has 1 aliphatic rings. The van der Waals surface area contributed by atoms with E-state index in [1.54, 1.807) is 26.0 Å². The van der Waals surface area contributed by atoms with Crippen molar-refractivity contribution in [3.05, 3.63) is 51.8 Å². The van der Waals surface area contributed by atoms with Crippen molar-refractivity contribution in [1.29, 1.82) is 5.41 Å². The zero-order chi connectivity index (χ0) is 27.3. The van der Waals surface area contributed by atoms with Crippen LogP contribution in [-0.4, -0.2) is 53.5 Å². The summed E-state index contributed by atoms with van der Waals surface area (Å²) in [5.41, 5.74) is 1.41. The number of Topliss-reactive ketones (excluding diaryl/α,β-unsaturated/α-hetero) is 1. The number of carbonyl (C=O) groups excluding carboxylic acids is 1. The first-order valence-electron chi connectivity index (χ1n) is 12.7. The number of rotatable bonds is 13. The van der Waals surface area contributed by atoms with Gasteiger partial charge in [0.05, 0.1) is 31.4 Å². The van der Waals surface area contributed by atoms with Crippen molar-refractivity contribution in [2.45, 2.75) is 66.5 Å². The molecular formula is C28H35FN2O6. The molecule has 0 bridgehead atoms. The van der Waals surface area contributed by atoms with Crippen LogP contribution in [0.2, 0.25) is 0 Å². The molecule has 0 unspecified atom stereocenters. The van der Waals surface area contributed by atoms with Crippen molar-refractivity contribution < 1.29 is 33.3 Å². The van der Waals surface area contributed by atoms with Crippen molar-refractivity contribution in [2.24, 2.45) is 0 Å². The van der Waals surface area contributed by atoms with E-state index in [1.165, 1.54) is 11.0 Å². The lowest BCUT2D eigenvalue weighted by Gasteiger charge is -2.20. The number of carboxylic acid groups (broad SMARTS) is 1. The molecule has 0 radical (unpaired) electrons. The second-order valence-corrected chi connectivity index (χ2v) is 9.13. The van der Waals surface area contributed by atoms with Gasteiger partial charge in [-0.25, -0.2) is 9.18 Å². The number of aromatic carboxylic acids is 1. The zero-order valence-corrected chi connectivity index (χ0v) is 22.1. The molecule has 200 valence electrons. The van der Waals surface area contributed by atoms with Gasteiger partial charge in [-0.1, -0.05) is 13.3 Å². The Labute approximate surface area is 216 Å². The van der Waals surface area contributed by atoms with Crippen LogP contribution < -0.4 is 14.2 Å². The van der Waals surface area contributed by atoms with Crippen molar-refractivity contribution >= 4 is 17.6 Å². The summed E-state index contributed by atoms with van der Waals surface area (Å²) in [6.07, 6.45) is 2.03. The number of unbranched alkanes of at least 4 members (excludes halogenated alkanes) is 1. The number of fused-ring (bicyclic) bond motifs is 1. The van der Waals surface area contributed by atoms with E-state index in [-0.39, 0.29) is 71.4 Å². The Bertz CT molecular complexity index is 1190. The molecular weight excluding hydrogens is 479 g/mol. The first-order valence-corrected chi connectivity index (χ1v) is 12.7. The summed E-state index contributed by atoms with van der Waals surface area (Å²) in [6.45, 7) is 9.66. The summed E-state index contributed by atoms with van der Waals surface area (Å²) < 4.78 is 32.2. The summed E-state index contributed by atoms with van der Waals surface area (Å²) in [5, 5.41) is 18.4. The number of ether oxygens (including phenoxy) is 3. The maximum Gasteiger partial charge on any atom is 0.339 e. The van der Waals surface area contributed by atoms with E-state index in [1.807, 2.05) is 20.8 Å². The van der Waals surface area contributed by atoms with Crippen LogP contribution in [0, 0.1) is 11.2 Å². The average Bonchev–Trinajstić information content (AvgIpc) is 3.15. The van der Waals surface area contributed by atoms with Crippen LogP contribution in [-0.2, 0) is 13.0 Å². The van der Waals surface area contributed by atoms with Gasteiger partial charge in [0.25, 0.3) is 0 Å². The maximum atomic E-state index is 15.4. The number of nitrogens with zero attached hydrogens (tertiary/aromatic N) is 1. The first-order chi connectivity index (χ1) is 17.6. The van der Waals surface area contributed by atoms with Crippen LogP contribution in [0.5, 0.6) is 17.2 Å². The van der Waals surface area contributed by atoms with Crippen molar-refractivity contribution in [1.82, 2.24) is 4.90 Å². The van der Waals surface area contributed by atoms with Gasteiger partial charge >= 0.3 is 5.97 Å². The SMILES string of the molecule is CCCCc1cc(C(=O)CN2Cc3cc(OCC)c(OCC)c(F)c3C2=N)cc(C(=O)O)c1OC(C)C. The van der Waals surface area contributed by atoms with Crippen LogP contribution in [0.1, 0.15) is 84.9 Å². The minimum Gasteiger partial charge on any atom is -0.490 e. The Morgan fingerprint density at radius 1 is 1.11 bits per heavy atom. The van der Waals surface area contributed by atoms with Gasteiger partial charge in [0.15, 0.2) is 23.1 Å². The first kappa shape index (κ1) is 28.0. The fourth-order valence-electron chi connectivity index (χ4n) is 4.36. The van der Waals surface area contributed by atoms with Crippen molar-refractivity contribution in [2.75, 3.05) is 19.8 Å². The normalized spacial score (nSPS) is 12.6. The number of halogens is 1. The maximum absolute atomic E-state index is 15.4. The molecule has 8 nitrogen and oxygen atoms in total. The molecule has 0 saturated carbocycles. The summed E-state index contributed by atoms with van der Waals surface area (Å²) in [4.78, 5) is 26.9. The molecule has 2 aromatic rings. The highest BCUT2D eigenvalue weighted by Gasteiger charge is 2.33. The Morgan fingerprint density at radius 2 is 1.81 bits per heavy atom. The fourth-order valence-corrected chi connectivity index (χ4v) is 4.36. The third kappa shape index (κ3) is 6.03. The van der Waals surface area contributed by atoms with Crippen LogP contribution in [0.25, 0.3) is 0 Å². The highest BCUT2D eigenvalue weighted by atomic mass is 19.1. The van der Waals surface area contributed by atoms with E-state index in [9.17, 15) is 14.7 Å². The van der Waals surface area contributed by atoms with E-state index >= 15 is 4.39 Å². The highest BCUT2D eigenvalue weighted by Crippen LogP contribution is 2.39. The predicted octanol–water partition coefficient (Wildman–Crippen LogP) is 5.47. The molecule has 0 saturated heterocycles. The number of benzene rings is 2. The number of hydrogen-bond acceptors (Lipinski definition) is 6. The van der Waals surface area contributed by atoms with Gasteiger partial charge in [0, 0.05) is 12.1 Å². The molecule has 2 N–H and O–H groups in total. The Morgan fingerprint density at radius 3 is 2.41 bits per heavy atom. The molecule has 3 rings (SSSR count). The molecule has 1 aliphatic heterocycles. The zero-order valence-electron chi connectivity index (χ0n) is 22.1.